The third-order valence-electron chi connectivity index (χ3n) is 5.36. The summed E-state index contributed by atoms with van der Waals surface area (Å²) in [6.07, 6.45) is -2.79. The van der Waals surface area contributed by atoms with E-state index in [9.17, 15) is 21.6 Å². The Kier molecular flexibility index (Phi) is 5.60. The minimum absolute atomic E-state index is 0.0797. The molecule has 166 valence electrons. The average Bonchev–Trinajstić information content (AvgIpc) is 3.15. The van der Waals surface area contributed by atoms with Crippen LogP contribution in [0.4, 0.5) is 13.2 Å². The summed E-state index contributed by atoms with van der Waals surface area (Å²) >= 11 is 0. The van der Waals surface area contributed by atoms with Crippen molar-refractivity contribution < 1.29 is 21.6 Å². The van der Waals surface area contributed by atoms with Gasteiger partial charge in [0.1, 0.15) is 0 Å². The third-order valence-corrected chi connectivity index (χ3v) is 6.79. The molecule has 1 unspecified atom stereocenters. The number of sulfonamides is 1. The quantitative estimate of drug-likeness (QED) is 0.393. The lowest BCUT2D eigenvalue weighted by Crippen LogP contribution is -2.29. The highest BCUT2D eigenvalue weighted by molar-refractivity contribution is 7.89. The molecule has 2 N–H and O–H groups in total. The van der Waals surface area contributed by atoms with Crippen molar-refractivity contribution in [2.75, 3.05) is 0 Å². The van der Waals surface area contributed by atoms with Crippen LogP contribution in [-0.2, 0) is 16.2 Å². The van der Waals surface area contributed by atoms with Crippen LogP contribution in [0.5, 0.6) is 0 Å². The number of hydrogen-bond acceptors (Lipinski definition) is 2. The Labute approximate surface area is 184 Å². The van der Waals surface area contributed by atoms with Gasteiger partial charge in [0.2, 0.25) is 10.0 Å². The van der Waals surface area contributed by atoms with Crippen molar-refractivity contribution in [2.24, 2.45) is 0 Å². The van der Waals surface area contributed by atoms with Gasteiger partial charge in [-0.15, -0.1) is 0 Å². The second-order valence-electron chi connectivity index (χ2n) is 7.78. The molecule has 32 heavy (non-hydrogen) atoms. The molecule has 4 aromatic rings. The smallest absolute Gasteiger partial charge is 0.361 e. The molecule has 1 aromatic heterocycles. The Hall–Kier alpha value is -3.10. The number of H-pyrrole nitrogens is 1. The molecule has 1 heterocycles. The number of halogens is 3. The van der Waals surface area contributed by atoms with E-state index in [0.717, 1.165) is 34.2 Å². The summed E-state index contributed by atoms with van der Waals surface area (Å²) in [7, 11) is -3.95. The van der Waals surface area contributed by atoms with Gasteiger partial charge in [0, 0.05) is 17.1 Å². The molecule has 4 rings (SSSR count). The molecule has 8 heteroatoms. The zero-order valence-corrected chi connectivity index (χ0v) is 18.2. The van der Waals surface area contributed by atoms with Crippen molar-refractivity contribution in [1.82, 2.24) is 9.71 Å². The summed E-state index contributed by atoms with van der Waals surface area (Å²) in [6.45, 7) is 3.77. The second-order valence-corrected chi connectivity index (χ2v) is 9.49. The molecule has 0 saturated heterocycles. The molecule has 0 aliphatic heterocycles. The molecule has 0 radical (unpaired) electrons. The van der Waals surface area contributed by atoms with E-state index in [2.05, 4.69) is 9.71 Å². The molecule has 0 bridgehead atoms. The maximum absolute atomic E-state index is 13.2. The normalized spacial score (nSPS) is 13.4. The van der Waals surface area contributed by atoms with Gasteiger partial charge in [-0.2, -0.15) is 17.9 Å². The highest BCUT2D eigenvalue weighted by Crippen LogP contribution is 2.34. The molecule has 4 nitrogen and oxygen atoms in total. The molecule has 0 saturated carbocycles. The fourth-order valence-electron chi connectivity index (χ4n) is 3.61. The van der Waals surface area contributed by atoms with Crippen molar-refractivity contribution in [2.45, 2.75) is 31.0 Å². The number of benzene rings is 3. The van der Waals surface area contributed by atoms with Crippen molar-refractivity contribution in [1.29, 1.82) is 0 Å². The van der Waals surface area contributed by atoms with Gasteiger partial charge in [-0.05, 0) is 61.4 Å². The number of rotatable bonds is 5. The van der Waals surface area contributed by atoms with Crippen LogP contribution in [0, 0.1) is 13.8 Å². The Morgan fingerprint density at radius 1 is 0.875 bits per heavy atom. The van der Waals surface area contributed by atoms with E-state index in [0.29, 0.717) is 11.1 Å². The van der Waals surface area contributed by atoms with Gasteiger partial charge in [0.25, 0.3) is 0 Å². The van der Waals surface area contributed by atoms with E-state index in [1.54, 1.807) is 18.3 Å². The van der Waals surface area contributed by atoms with Crippen molar-refractivity contribution >= 4 is 20.9 Å². The summed E-state index contributed by atoms with van der Waals surface area (Å²) in [6, 6.07) is 15.7. The average molecular weight is 459 g/mol. The Morgan fingerprint density at radius 2 is 1.50 bits per heavy atom. The molecular weight excluding hydrogens is 437 g/mol. The van der Waals surface area contributed by atoms with E-state index in [1.165, 1.54) is 24.3 Å². The van der Waals surface area contributed by atoms with Crippen LogP contribution in [-0.4, -0.2) is 13.4 Å². The van der Waals surface area contributed by atoms with E-state index in [1.807, 2.05) is 32.0 Å². The minimum atomic E-state index is -4.48. The second kappa shape index (κ2) is 8.11. The summed E-state index contributed by atoms with van der Waals surface area (Å²) in [5.41, 5.74) is 2.92. The Balaban J connectivity index is 1.83. The predicted molar refractivity (Wildman–Crippen MR) is 118 cm³/mol. The van der Waals surface area contributed by atoms with Crippen molar-refractivity contribution in [3.63, 3.8) is 0 Å². The number of nitrogens with one attached hydrogen (secondary N) is 2. The number of alkyl halides is 3. The van der Waals surface area contributed by atoms with Gasteiger partial charge in [0.15, 0.2) is 0 Å². The zero-order chi connectivity index (χ0) is 23.1. The Bertz CT molecular complexity index is 1360. The van der Waals surface area contributed by atoms with Crippen molar-refractivity contribution in [3.05, 3.63) is 101 Å². The van der Waals surface area contributed by atoms with Gasteiger partial charge in [0.05, 0.1) is 16.5 Å². The largest absolute Gasteiger partial charge is 0.416 e. The fourth-order valence-corrected chi connectivity index (χ4v) is 4.81. The molecule has 0 amide bonds. The summed E-state index contributed by atoms with van der Waals surface area (Å²) in [4.78, 5) is 3.20. The first-order chi connectivity index (χ1) is 15.0. The maximum atomic E-state index is 13.2. The lowest BCUT2D eigenvalue weighted by atomic mass is 9.97. The van der Waals surface area contributed by atoms with E-state index < -0.39 is 27.8 Å². The van der Waals surface area contributed by atoms with Gasteiger partial charge in [-0.25, -0.2) is 8.42 Å². The van der Waals surface area contributed by atoms with E-state index in [4.69, 9.17) is 0 Å². The number of fused-ring (bicyclic) bond motifs is 1. The predicted octanol–water partition coefficient (Wildman–Crippen LogP) is 5.87. The lowest BCUT2D eigenvalue weighted by Gasteiger charge is -2.20. The standard InChI is InChI=1S/C24H21F3N2O2S/c1-15-3-10-19(11-4-15)32(30,31)29-23(17-6-8-18(9-7-17)24(25,26)27)21-14-28-22-12-5-16(2)13-20(21)22/h3-14,23,28-29H,1-2H3. The SMILES string of the molecule is Cc1ccc(S(=O)(=O)NC(c2ccc(C(F)(F)F)cc2)c2c[nH]c3ccc(C)cc23)cc1. The fraction of sp³-hybridized carbons (Fsp3) is 0.167. The van der Waals surface area contributed by atoms with Crippen LogP contribution in [0.3, 0.4) is 0 Å². The highest BCUT2D eigenvalue weighted by Gasteiger charge is 2.31. The monoisotopic (exact) mass is 458 g/mol. The van der Waals surface area contributed by atoms with Gasteiger partial charge >= 0.3 is 6.18 Å². The Morgan fingerprint density at radius 3 is 2.12 bits per heavy atom. The van der Waals surface area contributed by atoms with E-state index in [-0.39, 0.29) is 4.90 Å². The third kappa shape index (κ3) is 4.42. The molecule has 0 aliphatic carbocycles. The molecular formula is C24H21F3N2O2S. The first-order valence-electron chi connectivity index (χ1n) is 9.88. The topological polar surface area (TPSA) is 62.0 Å². The van der Waals surface area contributed by atoms with Crippen LogP contribution < -0.4 is 4.72 Å². The highest BCUT2D eigenvalue weighted by atomic mass is 32.2. The van der Waals surface area contributed by atoms with Crippen LogP contribution in [0.25, 0.3) is 10.9 Å². The maximum Gasteiger partial charge on any atom is 0.416 e. The van der Waals surface area contributed by atoms with Crippen molar-refractivity contribution in [3.8, 4) is 0 Å². The van der Waals surface area contributed by atoms with Gasteiger partial charge in [-0.3, -0.25) is 0 Å². The van der Waals surface area contributed by atoms with E-state index >= 15 is 0 Å². The lowest BCUT2D eigenvalue weighted by molar-refractivity contribution is -0.137. The number of aromatic nitrogens is 1. The van der Waals surface area contributed by atoms with Crippen LogP contribution >= 0.6 is 0 Å². The zero-order valence-electron chi connectivity index (χ0n) is 17.4. The summed E-state index contributed by atoms with van der Waals surface area (Å²) in [5.74, 6) is 0. The minimum Gasteiger partial charge on any atom is -0.361 e. The molecule has 0 aliphatic rings. The number of aromatic amines is 1. The molecule has 1 atom stereocenters. The molecule has 0 spiro atoms. The summed E-state index contributed by atoms with van der Waals surface area (Å²) in [5, 5.41) is 0.793. The van der Waals surface area contributed by atoms with Crippen LogP contribution in [0.2, 0.25) is 0 Å². The number of hydrogen-bond donors (Lipinski definition) is 2. The van der Waals surface area contributed by atoms with Crippen LogP contribution in [0.15, 0.2) is 77.8 Å². The summed E-state index contributed by atoms with van der Waals surface area (Å²) < 4.78 is 68.2. The van der Waals surface area contributed by atoms with Gasteiger partial charge < -0.3 is 4.98 Å². The van der Waals surface area contributed by atoms with Crippen LogP contribution in [0.1, 0.15) is 33.9 Å². The van der Waals surface area contributed by atoms with Gasteiger partial charge in [-0.1, -0.05) is 41.5 Å². The molecule has 0 fully saturated rings. The number of aryl methyl sites for hydroxylation is 2. The first kappa shape index (κ1) is 22.1. The first-order valence-corrected chi connectivity index (χ1v) is 11.4. The molecule has 3 aromatic carbocycles.